The molecular formula is C24H28O2. The molecule has 0 fully saturated rings. The topological polar surface area (TPSA) is 18.5 Å². The molecule has 136 valence electrons. The van der Waals surface area contributed by atoms with E-state index < -0.39 is 0 Å². The highest BCUT2D eigenvalue weighted by Gasteiger charge is 2.22. The summed E-state index contributed by atoms with van der Waals surface area (Å²) in [5.74, 6) is 2.44. The van der Waals surface area contributed by atoms with Gasteiger partial charge in [0.2, 0.25) is 0 Å². The van der Waals surface area contributed by atoms with Gasteiger partial charge in [0.1, 0.15) is 0 Å². The molecule has 0 bridgehead atoms. The van der Waals surface area contributed by atoms with Gasteiger partial charge in [-0.25, -0.2) is 0 Å². The first-order valence-electron chi connectivity index (χ1n) is 9.23. The predicted octanol–water partition coefficient (Wildman–Crippen LogP) is 6.13. The normalized spacial score (nSPS) is 19.5. The minimum Gasteiger partial charge on any atom is -0.493 e. The van der Waals surface area contributed by atoms with E-state index in [1.807, 2.05) is 12.1 Å². The number of ether oxygens (including phenoxy) is 2. The Morgan fingerprint density at radius 3 is 2.50 bits per heavy atom. The van der Waals surface area contributed by atoms with E-state index in [9.17, 15) is 0 Å². The smallest absolute Gasteiger partial charge is 0.161 e. The van der Waals surface area contributed by atoms with Crippen LogP contribution in [0.5, 0.6) is 11.5 Å². The van der Waals surface area contributed by atoms with Crippen LogP contribution in [-0.2, 0) is 0 Å². The molecule has 0 saturated heterocycles. The molecule has 0 aromatic heterocycles. The van der Waals surface area contributed by atoms with E-state index in [4.69, 9.17) is 9.47 Å². The maximum atomic E-state index is 5.41. The van der Waals surface area contributed by atoms with Gasteiger partial charge < -0.3 is 9.47 Å². The van der Waals surface area contributed by atoms with E-state index in [1.165, 1.54) is 22.3 Å². The molecule has 1 aromatic carbocycles. The minimum atomic E-state index is 0.342. The number of hydrogen-bond acceptors (Lipinski definition) is 2. The van der Waals surface area contributed by atoms with Gasteiger partial charge in [0, 0.05) is 5.92 Å². The molecule has 0 N–H and O–H groups in total. The molecule has 2 aliphatic carbocycles. The van der Waals surface area contributed by atoms with E-state index in [0.717, 1.165) is 23.5 Å². The Morgan fingerprint density at radius 2 is 1.85 bits per heavy atom. The molecular weight excluding hydrogens is 320 g/mol. The molecule has 2 aliphatic rings. The van der Waals surface area contributed by atoms with Crippen molar-refractivity contribution in [3.63, 3.8) is 0 Å². The first-order valence-corrected chi connectivity index (χ1v) is 9.23. The molecule has 2 heteroatoms. The first kappa shape index (κ1) is 18.3. The van der Waals surface area contributed by atoms with Crippen molar-refractivity contribution < 1.29 is 9.47 Å². The van der Waals surface area contributed by atoms with Gasteiger partial charge in [-0.2, -0.15) is 0 Å². The van der Waals surface area contributed by atoms with Gasteiger partial charge in [0.05, 0.1) is 14.2 Å². The van der Waals surface area contributed by atoms with Gasteiger partial charge in [-0.05, 0) is 53.7 Å². The van der Waals surface area contributed by atoms with Gasteiger partial charge in [0.15, 0.2) is 11.5 Å². The molecule has 0 saturated carbocycles. The zero-order chi connectivity index (χ0) is 18.7. The Hall–Kier alpha value is -2.48. The van der Waals surface area contributed by atoms with E-state index in [-0.39, 0.29) is 0 Å². The van der Waals surface area contributed by atoms with Crippen LogP contribution in [0.1, 0.15) is 32.8 Å². The van der Waals surface area contributed by atoms with Gasteiger partial charge in [0.25, 0.3) is 0 Å². The van der Waals surface area contributed by atoms with Crippen LogP contribution in [0.4, 0.5) is 0 Å². The predicted molar refractivity (Wildman–Crippen MR) is 110 cm³/mol. The summed E-state index contributed by atoms with van der Waals surface area (Å²) in [4.78, 5) is 0. The molecule has 3 rings (SSSR count). The zero-order valence-corrected chi connectivity index (χ0v) is 16.4. The van der Waals surface area contributed by atoms with Crippen molar-refractivity contribution in [3.8, 4) is 11.5 Å². The van der Waals surface area contributed by atoms with Crippen molar-refractivity contribution in [2.45, 2.75) is 27.2 Å². The third kappa shape index (κ3) is 3.70. The summed E-state index contributed by atoms with van der Waals surface area (Å²) in [6.45, 7) is 6.72. The summed E-state index contributed by atoms with van der Waals surface area (Å²) in [7, 11) is 3.33. The van der Waals surface area contributed by atoms with Crippen LogP contribution in [0.15, 0.2) is 70.9 Å². The Morgan fingerprint density at radius 1 is 1.08 bits per heavy atom. The quantitative estimate of drug-likeness (QED) is 0.615. The van der Waals surface area contributed by atoms with Gasteiger partial charge in [-0.1, -0.05) is 61.9 Å². The molecule has 0 aliphatic heterocycles. The average Bonchev–Trinajstić information content (AvgIpc) is 3.26. The van der Waals surface area contributed by atoms with Crippen molar-refractivity contribution in [2.24, 2.45) is 11.8 Å². The lowest BCUT2D eigenvalue weighted by Gasteiger charge is -2.15. The van der Waals surface area contributed by atoms with Crippen molar-refractivity contribution in [3.05, 3.63) is 76.4 Å². The highest BCUT2D eigenvalue weighted by molar-refractivity contribution is 5.60. The summed E-state index contributed by atoms with van der Waals surface area (Å²) < 4.78 is 10.7. The Bertz CT molecular complexity index is 832. The largest absolute Gasteiger partial charge is 0.493 e. The fourth-order valence-corrected chi connectivity index (χ4v) is 3.55. The lowest BCUT2D eigenvalue weighted by atomic mass is 9.89. The summed E-state index contributed by atoms with van der Waals surface area (Å²) in [5.41, 5.74) is 6.82. The lowest BCUT2D eigenvalue weighted by Crippen LogP contribution is -2.01. The second kappa shape index (κ2) is 7.82. The SMILES string of the molecule is COc1ccc(/C=C/C2C(C)=CC=C2C2=CC(C(C)C)=CC2)cc1OC. The third-order valence-corrected chi connectivity index (χ3v) is 5.18. The molecule has 0 heterocycles. The molecule has 0 amide bonds. The van der Waals surface area contributed by atoms with Crippen LogP contribution in [0, 0.1) is 11.8 Å². The third-order valence-electron chi connectivity index (χ3n) is 5.18. The number of rotatable bonds is 6. The summed E-state index contributed by atoms with van der Waals surface area (Å²) in [6, 6.07) is 6.02. The first-order chi connectivity index (χ1) is 12.5. The monoisotopic (exact) mass is 348 g/mol. The van der Waals surface area contributed by atoms with Crippen molar-refractivity contribution in [1.82, 2.24) is 0 Å². The summed E-state index contributed by atoms with van der Waals surface area (Å²) in [5, 5.41) is 0. The number of allylic oxidation sites excluding steroid dienone is 9. The minimum absolute atomic E-state index is 0.342. The van der Waals surface area contributed by atoms with Crippen LogP contribution >= 0.6 is 0 Å². The Balaban J connectivity index is 1.80. The van der Waals surface area contributed by atoms with Crippen LogP contribution in [-0.4, -0.2) is 14.2 Å². The van der Waals surface area contributed by atoms with E-state index >= 15 is 0 Å². The number of methoxy groups -OCH3 is 2. The fourth-order valence-electron chi connectivity index (χ4n) is 3.55. The number of benzene rings is 1. The van der Waals surface area contributed by atoms with Crippen LogP contribution in [0.3, 0.4) is 0 Å². The summed E-state index contributed by atoms with van der Waals surface area (Å²) >= 11 is 0. The van der Waals surface area contributed by atoms with Crippen LogP contribution in [0.25, 0.3) is 6.08 Å². The second-order valence-electron chi connectivity index (χ2n) is 7.22. The molecule has 1 aromatic rings. The highest BCUT2D eigenvalue weighted by Crippen LogP contribution is 2.38. The van der Waals surface area contributed by atoms with Crippen molar-refractivity contribution >= 4 is 6.08 Å². The Labute approximate surface area is 157 Å². The average molecular weight is 348 g/mol. The van der Waals surface area contributed by atoms with Crippen LogP contribution in [0.2, 0.25) is 0 Å². The van der Waals surface area contributed by atoms with Crippen LogP contribution < -0.4 is 9.47 Å². The molecule has 1 atom stereocenters. The van der Waals surface area contributed by atoms with Crippen molar-refractivity contribution in [1.29, 1.82) is 0 Å². The van der Waals surface area contributed by atoms with E-state index in [1.54, 1.807) is 14.2 Å². The summed E-state index contributed by atoms with van der Waals surface area (Å²) in [6.07, 6.45) is 14.8. The molecule has 26 heavy (non-hydrogen) atoms. The maximum Gasteiger partial charge on any atom is 0.161 e. The standard InChI is InChI=1S/C24H28O2/c1-16(2)19-9-10-20(15-19)22-11-6-17(3)21(22)12-7-18-8-13-23(25-4)24(14-18)26-5/h6-9,11-16,21H,10H2,1-5H3/b12-7+. The molecule has 0 radical (unpaired) electrons. The lowest BCUT2D eigenvalue weighted by molar-refractivity contribution is 0.355. The van der Waals surface area contributed by atoms with Gasteiger partial charge >= 0.3 is 0 Å². The number of hydrogen-bond donors (Lipinski definition) is 0. The highest BCUT2D eigenvalue weighted by atomic mass is 16.5. The zero-order valence-electron chi connectivity index (χ0n) is 16.4. The second-order valence-corrected chi connectivity index (χ2v) is 7.22. The van der Waals surface area contributed by atoms with E-state index in [0.29, 0.717) is 11.8 Å². The molecule has 2 nitrogen and oxygen atoms in total. The molecule has 1 unspecified atom stereocenters. The fraction of sp³-hybridized carbons (Fsp3) is 0.333. The van der Waals surface area contributed by atoms with Gasteiger partial charge in [-0.3, -0.25) is 0 Å². The van der Waals surface area contributed by atoms with Gasteiger partial charge in [-0.15, -0.1) is 0 Å². The molecule has 0 spiro atoms. The van der Waals surface area contributed by atoms with Crippen molar-refractivity contribution in [2.75, 3.05) is 14.2 Å². The maximum absolute atomic E-state index is 5.41. The van der Waals surface area contributed by atoms with E-state index in [2.05, 4.69) is 63.3 Å². The Kier molecular flexibility index (Phi) is 5.51.